The second-order valence-electron chi connectivity index (χ2n) is 3.56. The molecule has 0 fully saturated rings. The van der Waals surface area contributed by atoms with Gasteiger partial charge in [0.2, 0.25) is 5.91 Å². The lowest BCUT2D eigenvalue weighted by Gasteiger charge is -2.21. The fraction of sp³-hybridized carbons (Fsp3) is 0.417. The van der Waals surface area contributed by atoms with E-state index in [0.29, 0.717) is 13.1 Å². The lowest BCUT2D eigenvalue weighted by atomic mass is 10.1. The Labute approximate surface area is 95.5 Å². The summed E-state index contributed by atoms with van der Waals surface area (Å²) in [6.07, 6.45) is 3.39. The number of nitriles is 1. The summed E-state index contributed by atoms with van der Waals surface area (Å²) in [5.74, 6) is -0.705. The van der Waals surface area contributed by atoms with Gasteiger partial charge in [0.05, 0.1) is 6.07 Å². The van der Waals surface area contributed by atoms with Crippen LogP contribution in [0.15, 0.2) is 24.5 Å². The Morgan fingerprint density at radius 2 is 2.19 bits per heavy atom. The van der Waals surface area contributed by atoms with Gasteiger partial charge >= 0.3 is 0 Å². The van der Waals surface area contributed by atoms with Gasteiger partial charge in [-0.2, -0.15) is 5.26 Å². The summed E-state index contributed by atoms with van der Waals surface area (Å²) >= 11 is 0. The smallest absolute Gasteiger partial charge is 0.239 e. The molecule has 0 aliphatic heterocycles. The molecule has 4 heteroatoms. The quantitative estimate of drug-likeness (QED) is 0.769. The lowest BCUT2D eigenvalue weighted by Crippen LogP contribution is -2.34. The minimum absolute atomic E-state index is 0.123. The largest absolute Gasteiger partial charge is 0.338 e. The molecule has 0 aliphatic carbocycles. The molecule has 0 aliphatic rings. The van der Waals surface area contributed by atoms with E-state index >= 15 is 0 Å². The second kappa shape index (κ2) is 5.86. The molecule has 0 saturated carbocycles. The zero-order valence-corrected chi connectivity index (χ0v) is 9.55. The molecule has 1 unspecified atom stereocenters. The zero-order chi connectivity index (χ0) is 12.0. The predicted molar refractivity (Wildman–Crippen MR) is 60.1 cm³/mol. The first-order valence-electron chi connectivity index (χ1n) is 5.26. The van der Waals surface area contributed by atoms with E-state index in [9.17, 15) is 4.79 Å². The van der Waals surface area contributed by atoms with Crippen LogP contribution in [0.25, 0.3) is 0 Å². The minimum Gasteiger partial charge on any atom is -0.338 e. The van der Waals surface area contributed by atoms with Crippen molar-refractivity contribution in [2.75, 3.05) is 6.54 Å². The molecule has 0 spiro atoms. The van der Waals surface area contributed by atoms with Gasteiger partial charge in [-0.1, -0.05) is 0 Å². The summed E-state index contributed by atoms with van der Waals surface area (Å²) in [5, 5.41) is 8.71. The molecular formula is C12H15N3O. The van der Waals surface area contributed by atoms with Gasteiger partial charge in [0, 0.05) is 25.5 Å². The molecule has 0 saturated heterocycles. The Morgan fingerprint density at radius 1 is 1.56 bits per heavy atom. The molecule has 4 nitrogen and oxygen atoms in total. The van der Waals surface area contributed by atoms with Gasteiger partial charge in [-0.15, -0.1) is 0 Å². The van der Waals surface area contributed by atoms with E-state index in [-0.39, 0.29) is 5.91 Å². The molecule has 1 atom stereocenters. The highest BCUT2D eigenvalue weighted by atomic mass is 16.2. The fourth-order valence-electron chi connectivity index (χ4n) is 1.38. The number of carbonyl (C=O) groups is 1. The van der Waals surface area contributed by atoms with Crippen molar-refractivity contribution in [3.8, 4) is 6.07 Å². The number of amides is 1. The second-order valence-corrected chi connectivity index (χ2v) is 3.56. The third kappa shape index (κ3) is 3.06. The SMILES string of the molecule is CCN(Cc1ccncc1)C(=O)C(C)C#N. The Kier molecular flexibility index (Phi) is 4.46. The first-order valence-corrected chi connectivity index (χ1v) is 5.26. The zero-order valence-electron chi connectivity index (χ0n) is 9.55. The van der Waals surface area contributed by atoms with Crippen molar-refractivity contribution in [2.24, 2.45) is 5.92 Å². The van der Waals surface area contributed by atoms with Gasteiger partial charge in [-0.05, 0) is 31.5 Å². The summed E-state index contributed by atoms with van der Waals surface area (Å²) in [4.78, 5) is 17.4. The predicted octanol–water partition coefficient (Wildman–Crippen LogP) is 1.59. The molecule has 84 valence electrons. The molecule has 1 rings (SSSR count). The highest BCUT2D eigenvalue weighted by Gasteiger charge is 2.18. The van der Waals surface area contributed by atoms with Crippen molar-refractivity contribution < 1.29 is 4.79 Å². The maximum atomic E-state index is 11.8. The summed E-state index contributed by atoms with van der Waals surface area (Å²) in [6, 6.07) is 5.70. The van der Waals surface area contributed by atoms with Crippen LogP contribution in [0.3, 0.4) is 0 Å². The summed E-state index contributed by atoms with van der Waals surface area (Å²) in [7, 11) is 0. The first-order chi connectivity index (χ1) is 7.69. The lowest BCUT2D eigenvalue weighted by molar-refractivity contribution is -0.133. The average molecular weight is 217 g/mol. The number of aromatic nitrogens is 1. The van der Waals surface area contributed by atoms with Gasteiger partial charge < -0.3 is 4.90 Å². The molecule has 1 heterocycles. The third-order valence-corrected chi connectivity index (χ3v) is 2.38. The number of pyridine rings is 1. The van der Waals surface area contributed by atoms with E-state index in [1.165, 1.54) is 0 Å². The maximum absolute atomic E-state index is 11.8. The van der Waals surface area contributed by atoms with Crippen LogP contribution in [0.5, 0.6) is 0 Å². The highest BCUT2D eigenvalue weighted by molar-refractivity contribution is 5.80. The summed E-state index contributed by atoms with van der Waals surface area (Å²) < 4.78 is 0. The molecule has 1 aromatic heterocycles. The van der Waals surface area contributed by atoms with E-state index in [0.717, 1.165) is 5.56 Å². The van der Waals surface area contributed by atoms with Crippen molar-refractivity contribution in [2.45, 2.75) is 20.4 Å². The molecule has 1 aromatic rings. The van der Waals surface area contributed by atoms with Crippen LogP contribution in [0.2, 0.25) is 0 Å². The van der Waals surface area contributed by atoms with Crippen molar-refractivity contribution in [3.63, 3.8) is 0 Å². The van der Waals surface area contributed by atoms with Gasteiger partial charge in [0.1, 0.15) is 5.92 Å². The van der Waals surface area contributed by atoms with Gasteiger partial charge in [0.25, 0.3) is 0 Å². The number of nitrogens with zero attached hydrogens (tertiary/aromatic N) is 3. The van der Waals surface area contributed by atoms with Crippen LogP contribution in [-0.4, -0.2) is 22.3 Å². The van der Waals surface area contributed by atoms with Crippen molar-refractivity contribution >= 4 is 5.91 Å². The number of rotatable bonds is 4. The van der Waals surface area contributed by atoms with Crippen LogP contribution in [0, 0.1) is 17.2 Å². The molecule has 0 aromatic carbocycles. The molecular weight excluding hydrogens is 202 g/mol. The molecule has 1 amide bonds. The minimum atomic E-state index is -0.582. The molecule has 0 N–H and O–H groups in total. The normalized spacial score (nSPS) is 11.6. The van der Waals surface area contributed by atoms with Gasteiger partial charge in [0.15, 0.2) is 0 Å². The van der Waals surface area contributed by atoms with Crippen LogP contribution in [-0.2, 0) is 11.3 Å². The molecule has 0 bridgehead atoms. The highest BCUT2D eigenvalue weighted by Crippen LogP contribution is 2.07. The average Bonchev–Trinajstić information content (AvgIpc) is 2.35. The Morgan fingerprint density at radius 3 is 2.69 bits per heavy atom. The van der Waals surface area contributed by atoms with Gasteiger partial charge in [-0.3, -0.25) is 9.78 Å². The van der Waals surface area contributed by atoms with Crippen molar-refractivity contribution in [1.82, 2.24) is 9.88 Å². The summed E-state index contributed by atoms with van der Waals surface area (Å²) in [5.41, 5.74) is 1.02. The maximum Gasteiger partial charge on any atom is 0.239 e. The van der Waals surface area contributed by atoms with E-state index in [1.807, 2.05) is 25.1 Å². The monoisotopic (exact) mass is 217 g/mol. The standard InChI is InChI=1S/C12H15N3O/c1-3-15(12(16)10(2)8-13)9-11-4-6-14-7-5-11/h4-7,10H,3,9H2,1-2H3. The van der Waals surface area contributed by atoms with E-state index < -0.39 is 5.92 Å². The Balaban J connectivity index is 2.70. The topological polar surface area (TPSA) is 57.0 Å². The summed E-state index contributed by atoms with van der Waals surface area (Å²) in [6.45, 7) is 4.66. The number of carbonyl (C=O) groups excluding carboxylic acids is 1. The first kappa shape index (κ1) is 12.2. The van der Waals surface area contributed by atoms with E-state index in [2.05, 4.69) is 4.98 Å². The Bertz CT molecular complexity index is 383. The third-order valence-electron chi connectivity index (χ3n) is 2.38. The van der Waals surface area contributed by atoms with Crippen LogP contribution < -0.4 is 0 Å². The van der Waals surface area contributed by atoms with Crippen LogP contribution >= 0.6 is 0 Å². The van der Waals surface area contributed by atoms with Crippen LogP contribution in [0.1, 0.15) is 19.4 Å². The van der Waals surface area contributed by atoms with E-state index in [4.69, 9.17) is 5.26 Å². The van der Waals surface area contributed by atoms with Crippen molar-refractivity contribution in [1.29, 1.82) is 5.26 Å². The van der Waals surface area contributed by atoms with E-state index in [1.54, 1.807) is 24.2 Å². The Hall–Kier alpha value is -1.89. The fourth-order valence-corrected chi connectivity index (χ4v) is 1.38. The number of hydrogen-bond donors (Lipinski definition) is 0. The van der Waals surface area contributed by atoms with Crippen molar-refractivity contribution in [3.05, 3.63) is 30.1 Å². The van der Waals surface area contributed by atoms with Crippen LogP contribution in [0.4, 0.5) is 0 Å². The molecule has 16 heavy (non-hydrogen) atoms. The van der Waals surface area contributed by atoms with Gasteiger partial charge in [-0.25, -0.2) is 0 Å². The molecule has 0 radical (unpaired) electrons. The number of hydrogen-bond acceptors (Lipinski definition) is 3.